The van der Waals surface area contributed by atoms with E-state index in [-0.39, 0.29) is 38.9 Å². The second-order valence-corrected chi connectivity index (χ2v) is 16.2. The molecule has 0 aliphatic heterocycles. The molecular formula is C33H24F6N2O6S3. The van der Waals surface area contributed by atoms with Crippen LogP contribution in [0.15, 0.2) is 118 Å². The standard InChI is InChI=1S/C33H24F6N2O6S3/c1-48(42,43)30-17-22(27-14-10-21(18-31(27)50(41,46)47)24-7-2-3-8-28(24)32(34,35)36)11-13-26(30)20-9-12-25(29(16-20)33(37,38)39)19-5-4-6-23(15-19)49(40,44)45/h2-18H,1H3,(H2,40,44,45)(H2,41,46,47). The van der Waals surface area contributed by atoms with Crippen LogP contribution in [0.4, 0.5) is 26.3 Å². The fourth-order valence-corrected chi connectivity index (χ4v) is 7.69. The van der Waals surface area contributed by atoms with Gasteiger partial charge in [-0.3, -0.25) is 0 Å². The summed E-state index contributed by atoms with van der Waals surface area (Å²) in [6, 6.07) is 18.6. The van der Waals surface area contributed by atoms with Crippen molar-refractivity contribution >= 4 is 29.9 Å². The predicted octanol–water partition coefficient (Wildman–Crippen LogP) is 7.09. The molecule has 0 fully saturated rings. The molecule has 17 heteroatoms. The first-order valence-corrected chi connectivity index (χ1v) is 19.0. The van der Waals surface area contributed by atoms with Crippen molar-refractivity contribution in [2.75, 3.05) is 6.26 Å². The summed E-state index contributed by atoms with van der Waals surface area (Å²) in [6.45, 7) is 0. The van der Waals surface area contributed by atoms with Crippen molar-refractivity contribution < 1.29 is 51.6 Å². The molecule has 0 radical (unpaired) electrons. The van der Waals surface area contributed by atoms with Gasteiger partial charge in [0.05, 0.1) is 25.8 Å². The van der Waals surface area contributed by atoms with E-state index in [1.54, 1.807) is 0 Å². The number of halogens is 6. The quantitative estimate of drug-likeness (QED) is 0.169. The van der Waals surface area contributed by atoms with E-state index in [0.717, 1.165) is 66.9 Å². The highest BCUT2D eigenvalue weighted by Gasteiger charge is 2.35. The molecule has 0 aliphatic rings. The minimum absolute atomic E-state index is 0.0682. The fourth-order valence-electron chi connectivity index (χ4n) is 5.42. The second kappa shape index (κ2) is 12.6. The van der Waals surface area contributed by atoms with Crippen LogP contribution in [-0.2, 0) is 42.2 Å². The molecule has 0 atom stereocenters. The van der Waals surface area contributed by atoms with Crippen LogP contribution in [-0.4, -0.2) is 31.5 Å². The number of sulfone groups is 1. The number of hydrogen-bond acceptors (Lipinski definition) is 6. The maximum Gasteiger partial charge on any atom is 0.417 e. The van der Waals surface area contributed by atoms with Crippen molar-refractivity contribution in [3.8, 4) is 44.5 Å². The number of benzene rings is 5. The summed E-state index contributed by atoms with van der Waals surface area (Å²) < 4.78 is 159. The van der Waals surface area contributed by atoms with Gasteiger partial charge in [0.2, 0.25) is 20.0 Å². The first kappa shape index (κ1) is 36.7. The van der Waals surface area contributed by atoms with Crippen molar-refractivity contribution in [2.45, 2.75) is 27.0 Å². The second-order valence-electron chi connectivity index (χ2n) is 11.1. The summed E-state index contributed by atoms with van der Waals surface area (Å²) in [5.41, 5.74) is -3.97. The largest absolute Gasteiger partial charge is 0.417 e. The third-order valence-corrected chi connectivity index (χ3v) is 10.6. The smallest absolute Gasteiger partial charge is 0.225 e. The van der Waals surface area contributed by atoms with E-state index in [9.17, 15) is 51.6 Å². The number of rotatable bonds is 7. The van der Waals surface area contributed by atoms with Gasteiger partial charge < -0.3 is 0 Å². The van der Waals surface area contributed by atoms with Crippen molar-refractivity contribution in [1.29, 1.82) is 0 Å². The Balaban J connectivity index is 1.70. The van der Waals surface area contributed by atoms with Crippen molar-refractivity contribution in [3.05, 3.63) is 114 Å². The summed E-state index contributed by atoms with van der Waals surface area (Å²) in [5.74, 6) is 0. The van der Waals surface area contributed by atoms with Gasteiger partial charge in [-0.05, 0) is 69.8 Å². The third kappa shape index (κ3) is 7.61. The van der Waals surface area contributed by atoms with Crippen LogP contribution in [0.2, 0.25) is 0 Å². The Kier molecular flexibility index (Phi) is 9.29. The molecule has 0 aromatic heterocycles. The van der Waals surface area contributed by atoms with Gasteiger partial charge in [0.15, 0.2) is 9.84 Å². The SMILES string of the molecule is CS(=O)(=O)c1cc(-c2ccc(-c3ccccc3C(F)(F)F)cc2S(N)(=O)=O)ccc1-c1ccc(-c2cccc(S(N)(=O)=O)c2)c(C(F)(F)F)c1. The number of primary sulfonamides is 2. The van der Waals surface area contributed by atoms with Gasteiger partial charge >= 0.3 is 12.4 Å². The van der Waals surface area contributed by atoms with E-state index >= 15 is 0 Å². The molecule has 262 valence electrons. The predicted molar refractivity (Wildman–Crippen MR) is 174 cm³/mol. The topological polar surface area (TPSA) is 154 Å². The molecule has 0 bridgehead atoms. The van der Waals surface area contributed by atoms with Crippen molar-refractivity contribution in [2.24, 2.45) is 10.3 Å². The van der Waals surface area contributed by atoms with Crippen molar-refractivity contribution in [3.63, 3.8) is 0 Å². The summed E-state index contributed by atoms with van der Waals surface area (Å²) in [7, 11) is -13.1. The molecule has 0 saturated heterocycles. The van der Waals surface area contributed by atoms with E-state index in [2.05, 4.69) is 0 Å². The average molecular weight is 755 g/mol. The van der Waals surface area contributed by atoms with E-state index in [0.29, 0.717) is 6.07 Å². The monoisotopic (exact) mass is 754 g/mol. The van der Waals surface area contributed by atoms with Gasteiger partial charge in [-0.25, -0.2) is 35.5 Å². The van der Waals surface area contributed by atoms with Crippen LogP contribution in [0, 0.1) is 0 Å². The highest BCUT2D eigenvalue weighted by atomic mass is 32.2. The lowest BCUT2D eigenvalue weighted by Gasteiger charge is -2.18. The maximum atomic E-state index is 14.4. The van der Waals surface area contributed by atoms with Gasteiger partial charge in [0, 0.05) is 17.4 Å². The van der Waals surface area contributed by atoms with Crippen molar-refractivity contribution in [1.82, 2.24) is 0 Å². The normalized spacial score (nSPS) is 13.0. The summed E-state index contributed by atoms with van der Waals surface area (Å²) in [6.07, 6.45) is -8.99. The molecule has 8 nitrogen and oxygen atoms in total. The van der Waals surface area contributed by atoms with E-state index < -0.39 is 73.6 Å². The zero-order valence-corrected chi connectivity index (χ0v) is 27.9. The average Bonchev–Trinajstić information content (AvgIpc) is 3.02. The zero-order chi connectivity index (χ0) is 37.0. The third-order valence-electron chi connectivity index (χ3n) is 7.63. The number of hydrogen-bond donors (Lipinski definition) is 2. The fraction of sp³-hybridized carbons (Fsp3) is 0.0909. The Morgan fingerprint density at radius 2 is 0.920 bits per heavy atom. The van der Waals surface area contributed by atoms with Gasteiger partial charge in [-0.15, -0.1) is 0 Å². The molecule has 5 aromatic carbocycles. The Labute approximate surface area is 283 Å². The van der Waals surface area contributed by atoms with Gasteiger partial charge in [0.25, 0.3) is 0 Å². The van der Waals surface area contributed by atoms with Crippen LogP contribution in [0.5, 0.6) is 0 Å². The van der Waals surface area contributed by atoms with Gasteiger partial charge in [-0.1, -0.05) is 66.7 Å². The van der Waals surface area contributed by atoms with Crippen LogP contribution in [0.25, 0.3) is 44.5 Å². The molecule has 0 saturated carbocycles. The molecule has 5 aromatic rings. The summed E-state index contributed by atoms with van der Waals surface area (Å²) in [4.78, 5) is -1.57. The van der Waals surface area contributed by atoms with Gasteiger partial charge in [-0.2, -0.15) is 26.3 Å². The molecular weight excluding hydrogens is 731 g/mol. The first-order valence-electron chi connectivity index (χ1n) is 14.0. The maximum absolute atomic E-state index is 14.4. The Morgan fingerprint density at radius 1 is 0.460 bits per heavy atom. The summed E-state index contributed by atoms with van der Waals surface area (Å²) in [5, 5.41) is 10.6. The minimum Gasteiger partial charge on any atom is -0.225 e. The van der Waals surface area contributed by atoms with Crippen LogP contribution < -0.4 is 10.3 Å². The molecule has 0 aliphatic carbocycles. The Morgan fingerprint density at radius 3 is 1.46 bits per heavy atom. The zero-order valence-electron chi connectivity index (χ0n) is 25.4. The minimum atomic E-state index is -5.00. The molecule has 0 unspecified atom stereocenters. The number of alkyl halides is 6. The van der Waals surface area contributed by atoms with Crippen LogP contribution in [0.3, 0.4) is 0 Å². The van der Waals surface area contributed by atoms with Gasteiger partial charge in [0.1, 0.15) is 0 Å². The molecule has 0 spiro atoms. The molecule has 0 heterocycles. The molecule has 50 heavy (non-hydrogen) atoms. The molecule has 4 N–H and O–H groups in total. The highest BCUT2D eigenvalue weighted by molar-refractivity contribution is 7.91. The lowest BCUT2D eigenvalue weighted by molar-refractivity contribution is -0.137. The number of sulfonamides is 2. The lowest BCUT2D eigenvalue weighted by Crippen LogP contribution is -2.14. The highest BCUT2D eigenvalue weighted by Crippen LogP contribution is 2.43. The Hall–Kier alpha value is -4.55. The summed E-state index contributed by atoms with van der Waals surface area (Å²) >= 11 is 0. The molecule has 5 rings (SSSR count). The Bertz CT molecular complexity index is 2500. The van der Waals surface area contributed by atoms with E-state index in [1.807, 2.05) is 0 Å². The first-order chi connectivity index (χ1) is 23.0. The van der Waals surface area contributed by atoms with E-state index in [1.165, 1.54) is 36.4 Å². The number of nitrogens with two attached hydrogens (primary N) is 2. The van der Waals surface area contributed by atoms with E-state index in [4.69, 9.17) is 10.3 Å². The van der Waals surface area contributed by atoms with Crippen LogP contribution in [0.1, 0.15) is 11.1 Å². The lowest BCUT2D eigenvalue weighted by atomic mass is 9.93. The van der Waals surface area contributed by atoms with Crippen LogP contribution >= 0.6 is 0 Å². The molecule has 0 amide bonds.